The molecule has 13 heavy (non-hydrogen) atoms. The van der Waals surface area contributed by atoms with Crippen LogP contribution in [0.1, 0.15) is 5.56 Å². The molecule has 1 nitrogen and oxygen atoms in total. The largest absolute Gasteiger partial charge is 0.206 e. The maximum absolute atomic E-state index is 12.9. The first kappa shape index (κ1) is 10.1. The number of hydrogen-bond donors (Lipinski definition) is 0. The Balaban J connectivity index is 3.34. The summed E-state index contributed by atoms with van der Waals surface area (Å²) in [6, 6.07) is 2.41. The van der Waals surface area contributed by atoms with Crippen LogP contribution in [0.15, 0.2) is 10.5 Å². The number of benzene rings is 1. The maximum atomic E-state index is 12.9. The quantitative estimate of drug-likeness (QED) is 0.555. The maximum Gasteiger partial charge on any atom is 0.176 e. The van der Waals surface area contributed by atoms with Crippen LogP contribution in [-0.2, 0) is 6.42 Å². The average Bonchev–Trinajstić information content (AvgIpc) is 2.11. The highest BCUT2D eigenvalue weighted by Gasteiger charge is 2.16. The van der Waals surface area contributed by atoms with Crippen LogP contribution in [0.4, 0.5) is 13.2 Å². The van der Waals surface area contributed by atoms with Gasteiger partial charge in [0, 0.05) is 5.56 Å². The van der Waals surface area contributed by atoms with Gasteiger partial charge in [0.25, 0.3) is 0 Å². The minimum absolute atomic E-state index is 0.277. The highest BCUT2D eigenvalue weighted by Crippen LogP contribution is 2.24. The normalized spacial score (nSPS) is 9.77. The van der Waals surface area contributed by atoms with E-state index in [9.17, 15) is 13.2 Å². The third-order valence-electron chi connectivity index (χ3n) is 1.45. The highest BCUT2D eigenvalue weighted by atomic mass is 79.9. The second-order valence-electron chi connectivity index (χ2n) is 2.29. The number of rotatable bonds is 1. The lowest BCUT2D eigenvalue weighted by Gasteiger charge is -2.02. The number of nitriles is 1. The van der Waals surface area contributed by atoms with Crippen molar-refractivity contribution in [1.82, 2.24) is 0 Å². The summed E-state index contributed by atoms with van der Waals surface area (Å²) in [6.07, 6.45) is -0.354. The number of hydrogen-bond acceptors (Lipinski definition) is 1. The Hall–Kier alpha value is -1.02. The van der Waals surface area contributed by atoms with E-state index >= 15 is 0 Å². The fraction of sp³-hybridized carbons (Fsp3) is 0.125. The number of nitrogens with zero attached hydrogens (tertiary/aromatic N) is 1. The van der Waals surface area contributed by atoms with E-state index < -0.39 is 21.9 Å². The Kier molecular flexibility index (Phi) is 2.94. The van der Waals surface area contributed by atoms with Gasteiger partial charge in [-0.15, -0.1) is 0 Å². The van der Waals surface area contributed by atoms with Crippen molar-refractivity contribution in [2.24, 2.45) is 0 Å². The summed E-state index contributed by atoms with van der Waals surface area (Å²) in [4.78, 5) is 0. The standard InChI is InChI=1S/C8H3BrF3N/c9-6-5(10)3-4(1-2-13)7(11)8(6)12/h3H,1H2. The van der Waals surface area contributed by atoms with Crippen LogP contribution < -0.4 is 0 Å². The number of halogens is 4. The van der Waals surface area contributed by atoms with Crippen LogP contribution in [-0.4, -0.2) is 0 Å². The van der Waals surface area contributed by atoms with Crippen molar-refractivity contribution in [3.05, 3.63) is 33.6 Å². The van der Waals surface area contributed by atoms with Gasteiger partial charge >= 0.3 is 0 Å². The Morgan fingerprint density at radius 3 is 2.46 bits per heavy atom. The molecule has 0 fully saturated rings. The first-order chi connectivity index (χ1) is 6.07. The first-order valence-corrected chi connectivity index (χ1v) is 4.06. The van der Waals surface area contributed by atoms with Crippen molar-refractivity contribution < 1.29 is 13.2 Å². The van der Waals surface area contributed by atoms with Crippen molar-refractivity contribution in [1.29, 1.82) is 5.26 Å². The van der Waals surface area contributed by atoms with Crippen LogP contribution >= 0.6 is 15.9 Å². The van der Waals surface area contributed by atoms with Crippen molar-refractivity contribution in [2.45, 2.75) is 6.42 Å². The van der Waals surface area contributed by atoms with E-state index in [2.05, 4.69) is 15.9 Å². The Morgan fingerprint density at radius 1 is 1.31 bits per heavy atom. The molecule has 0 bridgehead atoms. The summed E-state index contributed by atoms with van der Waals surface area (Å²) in [5.41, 5.74) is -0.277. The van der Waals surface area contributed by atoms with E-state index in [4.69, 9.17) is 5.26 Å². The molecule has 1 aromatic carbocycles. The van der Waals surface area contributed by atoms with Crippen molar-refractivity contribution >= 4 is 15.9 Å². The minimum Gasteiger partial charge on any atom is -0.206 e. The molecular formula is C8H3BrF3N. The lowest BCUT2D eigenvalue weighted by Crippen LogP contribution is -1.97. The van der Waals surface area contributed by atoms with Gasteiger partial charge in [-0.2, -0.15) is 5.26 Å². The van der Waals surface area contributed by atoms with Gasteiger partial charge in [0.1, 0.15) is 5.82 Å². The molecule has 0 aliphatic carbocycles. The van der Waals surface area contributed by atoms with E-state index in [1.54, 1.807) is 6.07 Å². The van der Waals surface area contributed by atoms with Crippen molar-refractivity contribution in [2.75, 3.05) is 0 Å². The third-order valence-corrected chi connectivity index (χ3v) is 2.17. The van der Waals surface area contributed by atoms with Gasteiger partial charge in [-0.1, -0.05) is 0 Å². The fourth-order valence-corrected chi connectivity index (χ4v) is 1.12. The molecule has 0 N–H and O–H groups in total. The Bertz CT molecular complexity index is 384. The van der Waals surface area contributed by atoms with Crippen LogP contribution in [0.25, 0.3) is 0 Å². The smallest absolute Gasteiger partial charge is 0.176 e. The van der Waals surface area contributed by atoms with E-state index in [1.807, 2.05) is 0 Å². The molecule has 0 atom stereocenters. The van der Waals surface area contributed by atoms with Gasteiger partial charge in [0.2, 0.25) is 0 Å². The zero-order valence-corrected chi connectivity index (χ0v) is 7.83. The van der Waals surface area contributed by atoms with Crippen LogP contribution in [0, 0.1) is 28.8 Å². The average molecular weight is 250 g/mol. The van der Waals surface area contributed by atoms with Gasteiger partial charge in [-0.05, 0) is 22.0 Å². The molecule has 0 saturated carbocycles. The summed E-state index contributed by atoms with van der Waals surface area (Å²) in [5.74, 6) is -3.40. The van der Waals surface area contributed by atoms with Gasteiger partial charge < -0.3 is 0 Å². The fourth-order valence-electron chi connectivity index (χ4n) is 0.836. The summed E-state index contributed by atoms with van der Waals surface area (Å²) in [7, 11) is 0. The van der Waals surface area contributed by atoms with E-state index in [0.29, 0.717) is 0 Å². The lowest BCUT2D eigenvalue weighted by atomic mass is 10.1. The monoisotopic (exact) mass is 249 g/mol. The minimum atomic E-state index is -1.30. The van der Waals surface area contributed by atoms with Gasteiger partial charge in [-0.25, -0.2) is 13.2 Å². The Morgan fingerprint density at radius 2 is 1.92 bits per heavy atom. The molecule has 0 saturated heterocycles. The molecule has 0 aliphatic heterocycles. The van der Waals surface area contributed by atoms with Crippen molar-refractivity contribution in [3.8, 4) is 6.07 Å². The molecule has 0 amide bonds. The zero-order valence-electron chi connectivity index (χ0n) is 6.24. The summed E-state index contributed by atoms with van der Waals surface area (Å²) < 4.78 is 37.9. The van der Waals surface area contributed by atoms with E-state index in [1.165, 1.54) is 0 Å². The second kappa shape index (κ2) is 3.79. The third kappa shape index (κ3) is 1.83. The SMILES string of the molecule is N#CCc1cc(F)c(Br)c(F)c1F. The zero-order chi connectivity index (χ0) is 10.0. The van der Waals surface area contributed by atoms with Crippen LogP contribution in [0.3, 0.4) is 0 Å². The van der Waals surface area contributed by atoms with E-state index in [-0.39, 0.29) is 12.0 Å². The molecule has 1 aromatic rings. The molecule has 68 valence electrons. The predicted molar refractivity (Wildman–Crippen MR) is 43.3 cm³/mol. The molecule has 0 heterocycles. The van der Waals surface area contributed by atoms with Gasteiger partial charge in [-0.3, -0.25) is 0 Å². The van der Waals surface area contributed by atoms with Crippen molar-refractivity contribution in [3.63, 3.8) is 0 Å². The molecule has 0 radical (unpaired) electrons. The molecule has 0 aromatic heterocycles. The highest BCUT2D eigenvalue weighted by molar-refractivity contribution is 9.10. The first-order valence-electron chi connectivity index (χ1n) is 3.26. The second-order valence-corrected chi connectivity index (χ2v) is 3.09. The molecule has 1 rings (SSSR count). The predicted octanol–water partition coefficient (Wildman–Crippen LogP) is 2.93. The summed E-state index contributed by atoms with van der Waals surface area (Å²) in [6.45, 7) is 0. The summed E-state index contributed by atoms with van der Waals surface area (Å²) in [5, 5.41) is 8.22. The molecule has 0 spiro atoms. The molecule has 0 aliphatic rings. The lowest BCUT2D eigenvalue weighted by molar-refractivity contribution is 0.480. The molecular weight excluding hydrogens is 247 g/mol. The Labute approximate surface area is 80.9 Å². The van der Waals surface area contributed by atoms with Crippen LogP contribution in [0.5, 0.6) is 0 Å². The van der Waals surface area contributed by atoms with Crippen LogP contribution in [0.2, 0.25) is 0 Å². The molecule has 0 unspecified atom stereocenters. The van der Waals surface area contributed by atoms with Gasteiger partial charge in [0.15, 0.2) is 11.6 Å². The van der Waals surface area contributed by atoms with E-state index in [0.717, 1.165) is 6.07 Å². The van der Waals surface area contributed by atoms with Gasteiger partial charge in [0.05, 0.1) is 17.0 Å². The summed E-state index contributed by atoms with van der Waals surface area (Å²) >= 11 is 2.54. The topological polar surface area (TPSA) is 23.8 Å². The molecule has 5 heteroatoms.